The number of ether oxygens (including phenoxy) is 1. The first-order valence-corrected chi connectivity index (χ1v) is 8.31. The average Bonchev–Trinajstić information content (AvgIpc) is 2.38. The fraction of sp³-hybridized carbons (Fsp3) is 0.429. The van der Waals surface area contributed by atoms with Crippen molar-refractivity contribution in [1.82, 2.24) is 0 Å². The maximum atomic E-state index is 12.7. The van der Waals surface area contributed by atoms with Gasteiger partial charge in [-0.25, -0.2) is 12.8 Å². The van der Waals surface area contributed by atoms with Gasteiger partial charge in [-0.05, 0) is 37.6 Å². The molecule has 0 fully saturated rings. The number of rotatable bonds is 8. The van der Waals surface area contributed by atoms with Crippen LogP contribution in [-0.4, -0.2) is 38.3 Å². The first kappa shape index (κ1) is 17.3. The highest BCUT2D eigenvalue weighted by Gasteiger charge is 2.18. The van der Waals surface area contributed by atoms with Gasteiger partial charge in [0.15, 0.2) is 15.6 Å². The van der Waals surface area contributed by atoms with Gasteiger partial charge in [-0.15, -0.1) is 0 Å². The topological polar surface area (TPSA) is 77.5 Å². The molecule has 0 amide bonds. The molecule has 0 N–H and O–H groups in total. The van der Waals surface area contributed by atoms with Crippen LogP contribution < -0.4 is 0 Å². The summed E-state index contributed by atoms with van der Waals surface area (Å²) in [6, 6.07) is 5.05. The first-order valence-electron chi connectivity index (χ1n) is 6.49. The second kappa shape index (κ2) is 7.87. The van der Waals surface area contributed by atoms with Crippen molar-refractivity contribution >= 4 is 21.6 Å². The number of carbonyl (C=O) groups is 2. The zero-order valence-corrected chi connectivity index (χ0v) is 12.5. The third kappa shape index (κ3) is 6.48. The lowest BCUT2D eigenvalue weighted by molar-refractivity contribution is -0.139. The molecule has 1 rings (SSSR count). The quantitative estimate of drug-likeness (QED) is 0.539. The largest absolute Gasteiger partial charge is 0.465 e. The number of hydrogen-bond acceptors (Lipinski definition) is 5. The molecule has 0 radical (unpaired) electrons. The molecule has 116 valence electrons. The Morgan fingerprint density at radius 2 is 1.81 bits per heavy atom. The van der Waals surface area contributed by atoms with Crippen LogP contribution in [0.3, 0.4) is 0 Å². The molecule has 0 saturated carbocycles. The van der Waals surface area contributed by atoms with Crippen LogP contribution in [0.4, 0.5) is 4.39 Å². The number of carbonyl (C=O) groups excluding carboxylic acids is 2. The van der Waals surface area contributed by atoms with Gasteiger partial charge >= 0.3 is 5.97 Å². The Hall–Kier alpha value is -1.76. The molecule has 7 heteroatoms. The number of hydrogen-bond donors (Lipinski definition) is 0. The molecule has 0 bridgehead atoms. The molecular formula is C14H17FO5S. The second-order valence-electron chi connectivity index (χ2n) is 4.43. The van der Waals surface area contributed by atoms with Crippen LogP contribution in [0.15, 0.2) is 24.3 Å². The molecule has 0 aliphatic heterocycles. The molecule has 21 heavy (non-hydrogen) atoms. The first-order chi connectivity index (χ1) is 9.84. The van der Waals surface area contributed by atoms with E-state index in [9.17, 15) is 22.4 Å². The van der Waals surface area contributed by atoms with Gasteiger partial charge in [0.1, 0.15) is 11.6 Å². The van der Waals surface area contributed by atoms with Crippen molar-refractivity contribution in [2.24, 2.45) is 0 Å². The molecule has 0 spiro atoms. The highest BCUT2D eigenvalue weighted by atomic mass is 32.2. The Bertz CT molecular complexity index is 592. The van der Waals surface area contributed by atoms with E-state index in [1.807, 2.05) is 0 Å². The lowest BCUT2D eigenvalue weighted by Crippen LogP contribution is -2.21. The molecule has 0 unspecified atom stereocenters. The summed E-state index contributed by atoms with van der Waals surface area (Å²) >= 11 is 0. The van der Waals surface area contributed by atoms with Crippen LogP contribution in [0.2, 0.25) is 0 Å². The highest BCUT2D eigenvalue weighted by molar-refractivity contribution is 7.92. The van der Waals surface area contributed by atoms with Crippen LogP contribution in [0.25, 0.3) is 0 Å². The smallest absolute Gasteiger partial charge is 0.321 e. The van der Waals surface area contributed by atoms with E-state index < -0.39 is 27.4 Å². The Morgan fingerprint density at radius 1 is 1.19 bits per heavy atom. The molecule has 0 aliphatic rings. The normalized spacial score (nSPS) is 11.1. The summed E-state index contributed by atoms with van der Waals surface area (Å²) in [7, 11) is -3.57. The van der Waals surface area contributed by atoms with Crippen LogP contribution in [0, 0.1) is 5.82 Å². The zero-order valence-electron chi connectivity index (χ0n) is 11.7. The molecule has 0 saturated heterocycles. The Kier molecular flexibility index (Phi) is 6.48. The fourth-order valence-corrected chi connectivity index (χ4v) is 2.86. The zero-order chi connectivity index (χ0) is 15.9. The van der Waals surface area contributed by atoms with Crippen molar-refractivity contribution in [1.29, 1.82) is 0 Å². The highest BCUT2D eigenvalue weighted by Crippen LogP contribution is 2.08. The molecule has 0 aromatic heterocycles. The van der Waals surface area contributed by atoms with Gasteiger partial charge in [0, 0.05) is 12.0 Å². The van der Waals surface area contributed by atoms with Crippen molar-refractivity contribution in [3.8, 4) is 0 Å². The van der Waals surface area contributed by atoms with E-state index in [0.717, 1.165) is 0 Å². The number of Topliss-reactive ketones (excluding diaryl/α,β-unsaturated/α-hetero) is 1. The van der Waals surface area contributed by atoms with E-state index in [2.05, 4.69) is 4.74 Å². The molecule has 0 atom stereocenters. The van der Waals surface area contributed by atoms with E-state index in [1.165, 1.54) is 24.3 Å². The maximum Gasteiger partial charge on any atom is 0.321 e. The monoisotopic (exact) mass is 316 g/mol. The number of ketones is 1. The standard InChI is InChI=1S/C14H17FO5S/c1-2-20-14(17)10-21(18,19)9-3-4-13(16)11-5-7-12(15)8-6-11/h5-8H,2-4,9-10H2,1H3. The minimum absolute atomic E-state index is 0.0215. The fourth-order valence-electron chi connectivity index (χ4n) is 1.69. The SMILES string of the molecule is CCOC(=O)CS(=O)(=O)CCCC(=O)c1ccc(F)cc1. The van der Waals surface area contributed by atoms with Crippen molar-refractivity contribution in [2.45, 2.75) is 19.8 Å². The summed E-state index contributed by atoms with van der Waals surface area (Å²) in [6.07, 6.45) is 0.131. The Balaban J connectivity index is 2.43. The molecular weight excluding hydrogens is 299 g/mol. The Labute approximate surface area is 123 Å². The minimum atomic E-state index is -3.57. The lowest BCUT2D eigenvalue weighted by Gasteiger charge is -2.04. The van der Waals surface area contributed by atoms with E-state index in [1.54, 1.807) is 6.92 Å². The molecule has 0 heterocycles. The van der Waals surface area contributed by atoms with Gasteiger partial charge < -0.3 is 4.74 Å². The van der Waals surface area contributed by atoms with Gasteiger partial charge in [0.2, 0.25) is 0 Å². The predicted molar refractivity (Wildman–Crippen MR) is 75.3 cm³/mol. The molecule has 0 aliphatic carbocycles. The van der Waals surface area contributed by atoms with E-state index >= 15 is 0 Å². The minimum Gasteiger partial charge on any atom is -0.465 e. The van der Waals surface area contributed by atoms with Crippen molar-refractivity contribution < 1.29 is 27.1 Å². The summed E-state index contributed by atoms with van der Waals surface area (Å²) in [5, 5.41) is 0. The summed E-state index contributed by atoms with van der Waals surface area (Å²) < 4.78 is 40.5. The van der Waals surface area contributed by atoms with Crippen molar-refractivity contribution in [3.63, 3.8) is 0 Å². The number of benzene rings is 1. The van der Waals surface area contributed by atoms with Crippen LogP contribution in [0.1, 0.15) is 30.1 Å². The van der Waals surface area contributed by atoms with Crippen molar-refractivity contribution in [2.75, 3.05) is 18.1 Å². The number of sulfone groups is 1. The Morgan fingerprint density at radius 3 is 2.38 bits per heavy atom. The molecule has 5 nitrogen and oxygen atoms in total. The summed E-state index contributed by atoms with van der Waals surface area (Å²) in [5.74, 6) is -2.43. The van der Waals surface area contributed by atoms with E-state index in [4.69, 9.17) is 0 Å². The molecule has 1 aromatic carbocycles. The van der Waals surface area contributed by atoms with Crippen molar-refractivity contribution in [3.05, 3.63) is 35.6 Å². The predicted octanol–water partition coefficient (Wildman–Crippen LogP) is 1.77. The number of esters is 1. The molecule has 1 aromatic rings. The average molecular weight is 316 g/mol. The van der Waals surface area contributed by atoms with Crippen LogP contribution in [-0.2, 0) is 19.4 Å². The maximum absolute atomic E-state index is 12.7. The van der Waals surface area contributed by atoms with E-state index in [-0.39, 0.29) is 31.0 Å². The summed E-state index contributed by atoms with van der Waals surface area (Å²) in [6.45, 7) is 1.71. The third-order valence-electron chi connectivity index (χ3n) is 2.67. The van der Waals surface area contributed by atoms with Gasteiger partial charge in [-0.3, -0.25) is 9.59 Å². The lowest BCUT2D eigenvalue weighted by atomic mass is 10.1. The number of halogens is 1. The van der Waals surface area contributed by atoms with Gasteiger partial charge in [0.25, 0.3) is 0 Å². The van der Waals surface area contributed by atoms with Gasteiger partial charge in [-0.1, -0.05) is 0 Å². The second-order valence-corrected chi connectivity index (χ2v) is 6.61. The van der Waals surface area contributed by atoms with E-state index in [0.29, 0.717) is 5.56 Å². The summed E-state index contributed by atoms with van der Waals surface area (Å²) in [4.78, 5) is 22.9. The van der Waals surface area contributed by atoms with Crippen LogP contribution in [0.5, 0.6) is 0 Å². The summed E-state index contributed by atoms with van der Waals surface area (Å²) in [5.41, 5.74) is 0.333. The van der Waals surface area contributed by atoms with Gasteiger partial charge in [-0.2, -0.15) is 0 Å². The van der Waals surface area contributed by atoms with Gasteiger partial charge in [0.05, 0.1) is 12.4 Å². The third-order valence-corrected chi connectivity index (χ3v) is 4.25. The van der Waals surface area contributed by atoms with Crippen LogP contribution >= 0.6 is 0 Å².